The van der Waals surface area contributed by atoms with Crippen molar-refractivity contribution in [2.24, 2.45) is 0 Å². The number of nitrogens with zero attached hydrogens (tertiary/aromatic N) is 5. The Morgan fingerprint density at radius 3 is 2.55 bits per heavy atom. The summed E-state index contributed by atoms with van der Waals surface area (Å²) in [4.78, 5) is 23.6. The monoisotopic (exact) mass is 415 g/mol. The van der Waals surface area contributed by atoms with Gasteiger partial charge in [-0.2, -0.15) is 9.78 Å². The Labute approximate surface area is 181 Å². The first-order valence-electron chi connectivity index (χ1n) is 10.1. The normalized spacial score (nSPS) is 11.5. The molecule has 0 amide bonds. The van der Waals surface area contributed by atoms with Crippen LogP contribution in [0.15, 0.2) is 67.1 Å². The van der Waals surface area contributed by atoms with E-state index >= 15 is 0 Å². The highest BCUT2D eigenvalue weighted by Crippen LogP contribution is 2.24. The first-order valence-corrected chi connectivity index (χ1v) is 10.1. The summed E-state index contributed by atoms with van der Waals surface area (Å²) in [6.07, 6.45) is 4.56. The number of hydrogen-bond acceptors (Lipinski definition) is 6. The molecule has 0 fully saturated rings. The molecule has 0 spiro atoms. The molecule has 4 aromatic rings. The highest BCUT2D eigenvalue weighted by atomic mass is 16.6. The zero-order valence-electron chi connectivity index (χ0n) is 18.1. The van der Waals surface area contributed by atoms with Crippen molar-refractivity contribution in [1.29, 1.82) is 0 Å². The highest BCUT2D eigenvalue weighted by Gasteiger charge is 2.19. The molecule has 0 aliphatic heterocycles. The molecule has 31 heavy (non-hydrogen) atoms. The van der Waals surface area contributed by atoms with Gasteiger partial charge in [-0.3, -0.25) is 4.98 Å². The predicted molar refractivity (Wildman–Crippen MR) is 121 cm³/mol. The van der Waals surface area contributed by atoms with Crippen LogP contribution in [0.1, 0.15) is 26.3 Å². The van der Waals surface area contributed by atoms with Crippen LogP contribution in [0.2, 0.25) is 0 Å². The third kappa shape index (κ3) is 4.88. The second-order valence-corrected chi connectivity index (χ2v) is 8.43. The summed E-state index contributed by atoms with van der Waals surface area (Å²) in [6, 6.07) is 16.1. The van der Waals surface area contributed by atoms with E-state index < -0.39 is 11.7 Å². The Hall–Kier alpha value is -3.74. The Morgan fingerprint density at radius 2 is 1.81 bits per heavy atom. The molecule has 0 aliphatic rings. The molecule has 0 bridgehead atoms. The molecular weight excluding hydrogens is 390 g/mol. The maximum atomic E-state index is 12.2. The molecule has 0 atom stereocenters. The molecule has 0 unspecified atom stereocenters. The molecule has 0 N–H and O–H groups in total. The first-order chi connectivity index (χ1) is 14.8. The smallest absolute Gasteiger partial charge is 0.435 e. The average molecular weight is 415 g/mol. The molecule has 2 heterocycles. The van der Waals surface area contributed by atoms with Gasteiger partial charge in [-0.1, -0.05) is 36.4 Å². The highest BCUT2D eigenvalue weighted by molar-refractivity contribution is 5.82. The molecule has 7 nitrogen and oxygen atoms in total. The minimum Gasteiger partial charge on any atom is -0.442 e. The zero-order chi connectivity index (χ0) is 22.0. The number of fused-ring (bicyclic) bond motifs is 1. The van der Waals surface area contributed by atoms with E-state index in [1.165, 1.54) is 10.2 Å². The van der Waals surface area contributed by atoms with Crippen molar-refractivity contribution < 1.29 is 9.53 Å². The van der Waals surface area contributed by atoms with Gasteiger partial charge in [0.25, 0.3) is 0 Å². The maximum absolute atomic E-state index is 12.2. The van der Waals surface area contributed by atoms with E-state index in [1.807, 2.05) is 64.2 Å². The summed E-state index contributed by atoms with van der Waals surface area (Å²) in [5, 5.41) is 4.13. The van der Waals surface area contributed by atoms with Crippen molar-refractivity contribution >= 4 is 22.9 Å². The van der Waals surface area contributed by atoms with Gasteiger partial charge in [0.2, 0.25) is 0 Å². The quantitative estimate of drug-likeness (QED) is 0.471. The van der Waals surface area contributed by atoms with Crippen LogP contribution in [-0.4, -0.2) is 38.5 Å². The molecule has 2 aromatic heterocycles. The van der Waals surface area contributed by atoms with Gasteiger partial charge in [-0.05, 0) is 44.0 Å². The number of hydrogen-bond donors (Lipinski definition) is 0. The molecule has 0 saturated heterocycles. The summed E-state index contributed by atoms with van der Waals surface area (Å²) >= 11 is 0. The van der Waals surface area contributed by atoms with Gasteiger partial charge >= 0.3 is 6.09 Å². The predicted octanol–water partition coefficient (Wildman–Crippen LogP) is 4.91. The first kappa shape index (κ1) is 20.5. The average Bonchev–Trinajstić information content (AvgIpc) is 3.23. The molecule has 0 radical (unpaired) electrons. The van der Waals surface area contributed by atoms with E-state index in [2.05, 4.69) is 27.1 Å². The molecule has 7 heteroatoms. The van der Waals surface area contributed by atoms with E-state index in [0.717, 1.165) is 34.5 Å². The molecule has 158 valence electrons. The number of anilines is 1. The zero-order valence-corrected chi connectivity index (χ0v) is 18.1. The molecule has 0 aliphatic carbocycles. The van der Waals surface area contributed by atoms with Gasteiger partial charge in [0, 0.05) is 25.4 Å². The minimum absolute atomic E-state index is 0.509. The second kappa shape index (κ2) is 8.18. The van der Waals surface area contributed by atoms with Crippen molar-refractivity contribution in [3.63, 3.8) is 0 Å². The van der Waals surface area contributed by atoms with Gasteiger partial charge in [0.05, 0.1) is 23.4 Å². The van der Waals surface area contributed by atoms with Gasteiger partial charge in [0.15, 0.2) is 0 Å². The number of carbonyl (C=O) groups excluding carboxylic acids is 1. The van der Waals surface area contributed by atoms with Gasteiger partial charge in [-0.15, -0.1) is 0 Å². The van der Waals surface area contributed by atoms with Crippen LogP contribution in [-0.2, 0) is 11.3 Å². The Bertz CT molecular complexity index is 1210. The van der Waals surface area contributed by atoms with Gasteiger partial charge < -0.3 is 9.64 Å². The maximum Gasteiger partial charge on any atom is 0.435 e. The Balaban J connectivity index is 1.54. The lowest BCUT2D eigenvalue weighted by Crippen LogP contribution is -2.27. The van der Waals surface area contributed by atoms with Crippen LogP contribution in [0.25, 0.3) is 22.2 Å². The number of benzene rings is 2. The summed E-state index contributed by atoms with van der Waals surface area (Å²) in [6.45, 7) is 6.22. The van der Waals surface area contributed by atoms with E-state index in [9.17, 15) is 4.79 Å². The van der Waals surface area contributed by atoms with Gasteiger partial charge in [-0.25, -0.2) is 9.78 Å². The number of aromatic nitrogens is 4. The fraction of sp³-hybridized carbons (Fsp3) is 0.250. The SMILES string of the molecule is CN(Cc1ccccc1)c1cnc2cc(-c3cnn(C(=O)OC(C)(C)C)c3)ccc2n1. The summed E-state index contributed by atoms with van der Waals surface area (Å²) in [5.41, 5.74) is 3.93. The summed E-state index contributed by atoms with van der Waals surface area (Å²) in [7, 11) is 2.00. The van der Waals surface area contributed by atoms with Crippen LogP contribution < -0.4 is 4.90 Å². The standard InChI is InChI=1S/C24H25N5O2/c1-24(2,3)31-23(30)29-16-19(13-26-29)18-10-11-20-21(12-18)25-14-22(27-20)28(4)15-17-8-6-5-7-9-17/h5-14,16H,15H2,1-4H3. The van der Waals surface area contributed by atoms with Crippen LogP contribution in [0, 0.1) is 0 Å². The van der Waals surface area contributed by atoms with Crippen molar-refractivity contribution in [2.75, 3.05) is 11.9 Å². The van der Waals surface area contributed by atoms with Crippen LogP contribution in [0.4, 0.5) is 10.6 Å². The fourth-order valence-electron chi connectivity index (χ4n) is 3.18. The number of carbonyl (C=O) groups is 1. The number of ether oxygens (including phenoxy) is 1. The van der Waals surface area contributed by atoms with Crippen LogP contribution in [0.5, 0.6) is 0 Å². The van der Waals surface area contributed by atoms with E-state index in [4.69, 9.17) is 9.72 Å². The van der Waals surface area contributed by atoms with Crippen molar-refractivity contribution in [3.05, 3.63) is 72.7 Å². The lowest BCUT2D eigenvalue weighted by Gasteiger charge is -2.18. The van der Waals surface area contributed by atoms with E-state index in [-0.39, 0.29) is 0 Å². The molecule has 2 aromatic carbocycles. The van der Waals surface area contributed by atoms with Crippen molar-refractivity contribution in [3.8, 4) is 11.1 Å². The van der Waals surface area contributed by atoms with Crippen LogP contribution >= 0.6 is 0 Å². The largest absolute Gasteiger partial charge is 0.442 e. The third-order valence-corrected chi connectivity index (χ3v) is 4.68. The fourth-order valence-corrected chi connectivity index (χ4v) is 3.18. The summed E-state index contributed by atoms with van der Waals surface area (Å²) < 4.78 is 6.56. The van der Waals surface area contributed by atoms with E-state index in [0.29, 0.717) is 0 Å². The minimum atomic E-state index is -0.576. The summed E-state index contributed by atoms with van der Waals surface area (Å²) in [5.74, 6) is 0.807. The molecule has 0 saturated carbocycles. The molecule has 4 rings (SSSR count). The topological polar surface area (TPSA) is 73.1 Å². The van der Waals surface area contributed by atoms with Crippen LogP contribution in [0.3, 0.4) is 0 Å². The van der Waals surface area contributed by atoms with E-state index in [1.54, 1.807) is 18.6 Å². The lowest BCUT2D eigenvalue weighted by molar-refractivity contribution is 0.0514. The number of rotatable bonds is 4. The Morgan fingerprint density at radius 1 is 1.03 bits per heavy atom. The molecular formula is C24H25N5O2. The van der Waals surface area contributed by atoms with Crippen molar-refractivity contribution in [2.45, 2.75) is 32.9 Å². The van der Waals surface area contributed by atoms with Crippen molar-refractivity contribution in [1.82, 2.24) is 19.7 Å². The van der Waals surface area contributed by atoms with Gasteiger partial charge in [0.1, 0.15) is 11.4 Å². The second-order valence-electron chi connectivity index (χ2n) is 8.43. The Kier molecular flexibility index (Phi) is 5.42. The lowest BCUT2D eigenvalue weighted by atomic mass is 10.1. The third-order valence-electron chi connectivity index (χ3n) is 4.68.